The van der Waals surface area contributed by atoms with Crippen molar-refractivity contribution in [2.45, 2.75) is 12.0 Å². The maximum absolute atomic E-state index is 11.6. The molecule has 1 fully saturated rings. The van der Waals surface area contributed by atoms with E-state index in [1.54, 1.807) is 0 Å². The second-order valence-electron chi connectivity index (χ2n) is 5.00. The minimum atomic E-state index is -2.88. The van der Waals surface area contributed by atoms with Crippen molar-refractivity contribution < 1.29 is 8.42 Å². The second kappa shape index (κ2) is 5.00. The van der Waals surface area contributed by atoms with Gasteiger partial charge >= 0.3 is 0 Å². The monoisotopic (exact) mass is 249 g/mol. The maximum Gasteiger partial charge on any atom is 0.152 e. The molecule has 16 heavy (non-hydrogen) atoms. The summed E-state index contributed by atoms with van der Waals surface area (Å²) in [6.45, 7) is 2.17. The van der Waals surface area contributed by atoms with Crippen LogP contribution in [0.25, 0.3) is 0 Å². The van der Waals surface area contributed by atoms with Crippen LogP contribution < -0.4 is 5.73 Å². The normalized spacial score (nSPS) is 29.1. The Bertz CT molecular complexity index is 329. The van der Waals surface area contributed by atoms with Crippen LogP contribution in [-0.4, -0.2) is 76.0 Å². The fourth-order valence-corrected chi connectivity index (χ4v) is 4.24. The molecule has 0 amide bonds. The molecule has 1 aliphatic heterocycles. The molecule has 6 heteroatoms. The Labute approximate surface area is 98.5 Å². The van der Waals surface area contributed by atoms with E-state index in [9.17, 15) is 8.42 Å². The third-order valence-electron chi connectivity index (χ3n) is 3.44. The summed E-state index contributed by atoms with van der Waals surface area (Å²) in [5.74, 6) is 0.483. The number of hydrogen-bond acceptors (Lipinski definition) is 5. The summed E-state index contributed by atoms with van der Waals surface area (Å²) in [4.78, 5) is 4.20. The molecule has 0 radical (unpaired) electrons. The van der Waals surface area contributed by atoms with Crippen molar-refractivity contribution in [3.63, 3.8) is 0 Å². The predicted molar refractivity (Wildman–Crippen MR) is 66.2 cm³/mol. The van der Waals surface area contributed by atoms with Gasteiger partial charge in [0, 0.05) is 25.2 Å². The SMILES string of the molecule is CN(C)CCN(C)C1(CN)CCS(=O)(=O)C1. The Hall–Kier alpha value is -0.170. The third-order valence-corrected chi connectivity index (χ3v) is 5.24. The van der Waals surface area contributed by atoms with E-state index in [1.165, 1.54) is 0 Å². The Kier molecular flexibility index (Phi) is 4.34. The molecule has 1 atom stereocenters. The van der Waals surface area contributed by atoms with Crippen molar-refractivity contribution in [3.8, 4) is 0 Å². The lowest BCUT2D eigenvalue weighted by Crippen LogP contribution is -2.54. The lowest BCUT2D eigenvalue weighted by molar-refractivity contribution is 0.139. The topological polar surface area (TPSA) is 66.6 Å². The van der Waals surface area contributed by atoms with E-state index in [0.717, 1.165) is 13.1 Å². The molecule has 2 N–H and O–H groups in total. The van der Waals surface area contributed by atoms with Crippen LogP contribution >= 0.6 is 0 Å². The molecule has 0 spiro atoms. The molecule has 1 rings (SSSR count). The van der Waals surface area contributed by atoms with Gasteiger partial charge in [0.1, 0.15) is 0 Å². The summed E-state index contributed by atoms with van der Waals surface area (Å²) in [7, 11) is 3.10. The van der Waals surface area contributed by atoms with Gasteiger partial charge in [-0.2, -0.15) is 0 Å². The molecule has 1 aliphatic rings. The number of rotatable bonds is 5. The average Bonchev–Trinajstić information content (AvgIpc) is 2.52. The van der Waals surface area contributed by atoms with Crippen LogP contribution in [0.15, 0.2) is 0 Å². The van der Waals surface area contributed by atoms with Crippen LogP contribution in [0.4, 0.5) is 0 Å². The lowest BCUT2D eigenvalue weighted by atomic mass is 9.97. The van der Waals surface area contributed by atoms with Crippen molar-refractivity contribution in [1.29, 1.82) is 0 Å². The largest absolute Gasteiger partial charge is 0.329 e. The first-order chi connectivity index (χ1) is 7.31. The number of hydrogen-bond donors (Lipinski definition) is 1. The van der Waals surface area contributed by atoms with Crippen LogP contribution in [0.5, 0.6) is 0 Å². The molecule has 0 aliphatic carbocycles. The van der Waals surface area contributed by atoms with Crippen molar-refractivity contribution in [1.82, 2.24) is 9.80 Å². The smallest absolute Gasteiger partial charge is 0.152 e. The summed E-state index contributed by atoms with van der Waals surface area (Å²) in [5, 5.41) is 0. The van der Waals surface area contributed by atoms with Gasteiger partial charge in [0.2, 0.25) is 0 Å². The van der Waals surface area contributed by atoms with Gasteiger partial charge in [-0.05, 0) is 27.6 Å². The van der Waals surface area contributed by atoms with Gasteiger partial charge < -0.3 is 10.6 Å². The highest BCUT2D eigenvalue weighted by atomic mass is 32.2. The summed E-state index contributed by atoms with van der Waals surface area (Å²) in [6, 6.07) is 0. The molecule has 5 nitrogen and oxygen atoms in total. The molecule has 1 heterocycles. The number of likely N-dealkylation sites (N-methyl/N-ethyl adjacent to an activating group) is 2. The minimum Gasteiger partial charge on any atom is -0.329 e. The van der Waals surface area contributed by atoms with Crippen LogP contribution in [0.2, 0.25) is 0 Å². The van der Waals surface area contributed by atoms with Gasteiger partial charge in [0.25, 0.3) is 0 Å². The van der Waals surface area contributed by atoms with Crippen molar-refractivity contribution in [3.05, 3.63) is 0 Å². The van der Waals surface area contributed by atoms with Gasteiger partial charge in [0.15, 0.2) is 9.84 Å². The van der Waals surface area contributed by atoms with Crippen LogP contribution in [0, 0.1) is 0 Å². The number of sulfone groups is 1. The molecular formula is C10H23N3O2S. The minimum absolute atomic E-state index is 0.209. The standard InChI is InChI=1S/C10H23N3O2S/c1-12(2)5-6-13(3)10(8-11)4-7-16(14,15)9-10/h4-9,11H2,1-3H3. The zero-order valence-electron chi connectivity index (χ0n) is 10.4. The molecule has 1 unspecified atom stereocenters. The van der Waals surface area contributed by atoms with Crippen molar-refractivity contribution in [2.24, 2.45) is 5.73 Å². The molecule has 0 aromatic heterocycles. The Morgan fingerprint density at radius 1 is 1.25 bits per heavy atom. The fraction of sp³-hybridized carbons (Fsp3) is 1.00. The van der Waals surface area contributed by atoms with Gasteiger partial charge in [0.05, 0.1) is 11.5 Å². The first kappa shape index (κ1) is 13.9. The van der Waals surface area contributed by atoms with Gasteiger partial charge in [-0.15, -0.1) is 0 Å². The van der Waals surface area contributed by atoms with E-state index in [1.807, 2.05) is 21.1 Å². The number of nitrogens with zero attached hydrogens (tertiary/aromatic N) is 2. The number of nitrogens with two attached hydrogens (primary N) is 1. The quantitative estimate of drug-likeness (QED) is 0.677. The molecule has 0 aromatic carbocycles. The van der Waals surface area contributed by atoms with Gasteiger partial charge in [-0.25, -0.2) is 8.42 Å². The highest BCUT2D eigenvalue weighted by molar-refractivity contribution is 7.91. The van der Waals surface area contributed by atoms with E-state index in [0.29, 0.717) is 13.0 Å². The van der Waals surface area contributed by atoms with Gasteiger partial charge in [-0.3, -0.25) is 4.90 Å². The molecule has 1 saturated heterocycles. The molecule has 0 saturated carbocycles. The Balaban J connectivity index is 2.67. The maximum atomic E-state index is 11.6. The summed E-state index contributed by atoms with van der Waals surface area (Å²) < 4.78 is 23.1. The third kappa shape index (κ3) is 3.16. The molecule has 96 valence electrons. The highest BCUT2D eigenvalue weighted by Gasteiger charge is 2.43. The van der Waals surface area contributed by atoms with E-state index in [4.69, 9.17) is 5.73 Å². The predicted octanol–water partition coefficient (Wildman–Crippen LogP) is -1.00. The molecule has 0 bridgehead atoms. The molecule has 0 aromatic rings. The van der Waals surface area contributed by atoms with Crippen molar-refractivity contribution in [2.75, 3.05) is 52.3 Å². The summed E-state index contributed by atoms with van der Waals surface area (Å²) >= 11 is 0. The second-order valence-corrected chi connectivity index (χ2v) is 7.18. The zero-order chi connectivity index (χ0) is 12.4. The van der Waals surface area contributed by atoms with E-state index in [-0.39, 0.29) is 17.0 Å². The Morgan fingerprint density at radius 3 is 2.25 bits per heavy atom. The van der Waals surface area contributed by atoms with Crippen LogP contribution in [0.3, 0.4) is 0 Å². The lowest BCUT2D eigenvalue weighted by Gasteiger charge is -2.37. The van der Waals surface area contributed by atoms with E-state index in [2.05, 4.69) is 9.80 Å². The fourth-order valence-electron chi connectivity index (χ4n) is 2.10. The molecular weight excluding hydrogens is 226 g/mol. The van der Waals surface area contributed by atoms with Crippen molar-refractivity contribution >= 4 is 9.84 Å². The zero-order valence-corrected chi connectivity index (χ0v) is 11.3. The van der Waals surface area contributed by atoms with Crippen LogP contribution in [-0.2, 0) is 9.84 Å². The highest BCUT2D eigenvalue weighted by Crippen LogP contribution is 2.27. The van der Waals surface area contributed by atoms with E-state index >= 15 is 0 Å². The first-order valence-electron chi connectivity index (χ1n) is 5.58. The first-order valence-corrected chi connectivity index (χ1v) is 7.40. The summed E-state index contributed by atoms with van der Waals surface area (Å²) in [5.41, 5.74) is 5.44. The Morgan fingerprint density at radius 2 is 1.88 bits per heavy atom. The van der Waals surface area contributed by atoms with Crippen LogP contribution in [0.1, 0.15) is 6.42 Å². The van der Waals surface area contributed by atoms with Gasteiger partial charge in [-0.1, -0.05) is 0 Å². The average molecular weight is 249 g/mol. The summed E-state index contributed by atoms with van der Waals surface area (Å²) in [6.07, 6.45) is 0.662. The van der Waals surface area contributed by atoms with E-state index < -0.39 is 9.84 Å².